The van der Waals surface area contributed by atoms with Gasteiger partial charge in [-0.2, -0.15) is 0 Å². The summed E-state index contributed by atoms with van der Waals surface area (Å²) in [5, 5.41) is 2.64. The van der Waals surface area contributed by atoms with Gasteiger partial charge in [-0.1, -0.05) is 60.7 Å². The Morgan fingerprint density at radius 3 is 1.91 bits per heavy atom. The standard InChI is InChI=1S/C16H12N4O.Na/c21-20-19-14-11-17-15(12-7-3-1-4-8-12)16(18-14)13-9-5-2-6-10-13;/h1-11H,(H,18,19,21);/q;+1. The first-order chi connectivity index (χ1) is 10.4. The number of aromatic nitrogens is 2. The van der Waals surface area contributed by atoms with Crippen LogP contribution in [0, 0.1) is 4.91 Å². The Labute approximate surface area is 150 Å². The molecular formula is C16H12N4NaO+. The maximum atomic E-state index is 10.3. The van der Waals surface area contributed by atoms with Crippen LogP contribution in [0.2, 0.25) is 0 Å². The van der Waals surface area contributed by atoms with Crippen molar-refractivity contribution in [3.63, 3.8) is 0 Å². The third kappa shape index (κ3) is 3.57. The predicted octanol–water partition coefficient (Wildman–Crippen LogP) is 0.908. The molecule has 3 rings (SSSR count). The fourth-order valence-electron chi connectivity index (χ4n) is 2.09. The van der Waals surface area contributed by atoms with Crippen LogP contribution in [0.1, 0.15) is 0 Å². The van der Waals surface area contributed by atoms with Gasteiger partial charge in [0.1, 0.15) is 0 Å². The molecule has 0 radical (unpaired) electrons. The topological polar surface area (TPSA) is 67.2 Å². The first-order valence-corrected chi connectivity index (χ1v) is 6.45. The van der Waals surface area contributed by atoms with Crippen LogP contribution >= 0.6 is 0 Å². The van der Waals surface area contributed by atoms with E-state index in [1.807, 2.05) is 60.7 Å². The molecule has 1 heterocycles. The van der Waals surface area contributed by atoms with Gasteiger partial charge in [0.05, 0.1) is 22.9 Å². The molecule has 1 N–H and O–H groups in total. The van der Waals surface area contributed by atoms with Crippen LogP contribution in [0.15, 0.2) is 72.1 Å². The van der Waals surface area contributed by atoms with Crippen LogP contribution in [0.3, 0.4) is 0 Å². The maximum Gasteiger partial charge on any atom is 1.00 e. The van der Waals surface area contributed by atoms with Gasteiger partial charge in [0.25, 0.3) is 0 Å². The van der Waals surface area contributed by atoms with Gasteiger partial charge in [0.2, 0.25) is 0 Å². The first-order valence-electron chi connectivity index (χ1n) is 6.45. The molecule has 0 bridgehead atoms. The number of nitrogens with one attached hydrogen (secondary N) is 1. The Hall–Kier alpha value is -2.08. The number of hydrogen-bond donors (Lipinski definition) is 1. The van der Waals surface area contributed by atoms with Gasteiger partial charge in [-0.05, 0) is 0 Å². The van der Waals surface area contributed by atoms with E-state index in [4.69, 9.17) is 0 Å². The van der Waals surface area contributed by atoms with E-state index >= 15 is 0 Å². The van der Waals surface area contributed by atoms with Crippen LogP contribution in [0.25, 0.3) is 22.5 Å². The van der Waals surface area contributed by atoms with Crippen LogP contribution in [0.5, 0.6) is 0 Å². The predicted molar refractivity (Wildman–Crippen MR) is 82.3 cm³/mol. The molecule has 5 nitrogen and oxygen atoms in total. The molecule has 0 aliphatic rings. The van der Waals surface area contributed by atoms with E-state index in [1.165, 1.54) is 6.20 Å². The molecule has 0 saturated carbocycles. The zero-order chi connectivity index (χ0) is 14.5. The molecule has 22 heavy (non-hydrogen) atoms. The van der Waals surface area contributed by atoms with Crippen molar-refractivity contribution in [1.29, 1.82) is 0 Å². The monoisotopic (exact) mass is 299 g/mol. The minimum absolute atomic E-state index is 0. The molecule has 102 valence electrons. The summed E-state index contributed by atoms with van der Waals surface area (Å²) in [6, 6.07) is 19.5. The average Bonchev–Trinajstić information content (AvgIpc) is 2.57. The zero-order valence-corrected chi connectivity index (χ0v) is 14.1. The van der Waals surface area contributed by atoms with Crippen LogP contribution in [-0.4, -0.2) is 9.97 Å². The molecule has 0 fully saturated rings. The van der Waals surface area contributed by atoms with Gasteiger partial charge < -0.3 is 0 Å². The molecule has 1 aromatic heterocycles. The second-order valence-corrected chi connectivity index (χ2v) is 4.39. The average molecular weight is 299 g/mol. The minimum Gasteiger partial charge on any atom is -0.250 e. The first kappa shape index (κ1) is 16.3. The summed E-state index contributed by atoms with van der Waals surface area (Å²) in [6.07, 6.45) is 1.50. The SMILES string of the molecule is O=NNc1cnc(-c2ccccc2)c(-c2ccccc2)n1.[Na+]. The van der Waals surface area contributed by atoms with E-state index in [1.54, 1.807) is 0 Å². The van der Waals surface area contributed by atoms with Crippen LogP contribution < -0.4 is 35.0 Å². The molecule has 0 atom stereocenters. The van der Waals surface area contributed by atoms with E-state index in [2.05, 4.69) is 20.7 Å². The molecule has 0 spiro atoms. The summed E-state index contributed by atoms with van der Waals surface area (Å²) in [7, 11) is 0. The molecule has 0 aliphatic heterocycles. The van der Waals surface area contributed by atoms with Crippen molar-refractivity contribution < 1.29 is 29.6 Å². The van der Waals surface area contributed by atoms with Gasteiger partial charge in [-0.15, -0.1) is 4.91 Å². The molecule has 2 aromatic carbocycles. The van der Waals surface area contributed by atoms with Gasteiger partial charge in [0.15, 0.2) is 5.82 Å². The maximum absolute atomic E-state index is 10.3. The normalized spacial score (nSPS) is 9.64. The van der Waals surface area contributed by atoms with E-state index < -0.39 is 0 Å². The van der Waals surface area contributed by atoms with Crippen molar-refractivity contribution in [2.75, 3.05) is 5.43 Å². The quantitative estimate of drug-likeness (QED) is 0.442. The van der Waals surface area contributed by atoms with Crippen LogP contribution in [-0.2, 0) is 0 Å². The summed E-state index contributed by atoms with van der Waals surface area (Å²) in [5.74, 6) is 0.323. The fraction of sp³-hybridized carbons (Fsp3) is 0. The summed E-state index contributed by atoms with van der Waals surface area (Å²) in [6.45, 7) is 0. The van der Waals surface area contributed by atoms with Crippen molar-refractivity contribution in [1.82, 2.24) is 9.97 Å². The molecular weight excluding hydrogens is 287 g/mol. The minimum atomic E-state index is 0. The van der Waals surface area contributed by atoms with Crippen molar-refractivity contribution in [2.45, 2.75) is 0 Å². The third-order valence-corrected chi connectivity index (χ3v) is 3.03. The molecule has 0 aliphatic carbocycles. The Kier molecular flexibility index (Phi) is 5.77. The van der Waals surface area contributed by atoms with Crippen molar-refractivity contribution in [3.05, 3.63) is 71.8 Å². The number of hydrogen-bond acceptors (Lipinski definition) is 4. The number of anilines is 1. The van der Waals surface area contributed by atoms with Crippen molar-refractivity contribution >= 4 is 5.82 Å². The summed E-state index contributed by atoms with van der Waals surface area (Å²) >= 11 is 0. The number of nitroso groups, excluding NO2 is 1. The van der Waals surface area contributed by atoms with Crippen molar-refractivity contribution in [2.24, 2.45) is 5.29 Å². The van der Waals surface area contributed by atoms with E-state index in [0.29, 0.717) is 11.5 Å². The van der Waals surface area contributed by atoms with E-state index in [9.17, 15) is 4.91 Å². The molecule has 0 unspecified atom stereocenters. The van der Waals surface area contributed by atoms with Gasteiger partial charge in [-0.25, -0.2) is 10.4 Å². The largest absolute Gasteiger partial charge is 1.00 e. The summed E-state index contributed by atoms with van der Waals surface area (Å²) in [4.78, 5) is 19.2. The molecule has 0 saturated heterocycles. The second kappa shape index (κ2) is 7.79. The third-order valence-electron chi connectivity index (χ3n) is 3.03. The second-order valence-electron chi connectivity index (χ2n) is 4.39. The van der Waals surface area contributed by atoms with Gasteiger partial charge >= 0.3 is 29.6 Å². The Morgan fingerprint density at radius 1 is 0.818 bits per heavy atom. The Balaban J connectivity index is 0.00000176. The summed E-state index contributed by atoms with van der Waals surface area (Å²) in [5.41, 5.74) is 5.65. The summed E-state index contributed by atoms with van der Waals surface area (Å²) < 4.78 is 0. The smallest absolute Gasteiger partial charge is 0.250 e. The van der Waals surface area contributed by atoms with Gasteiger partial charge in [0, 0.05) is 11.1 Å². The Bertz CT molecular complexity index is 751. The number of benzene rings is 2. The molecule has 3 aromatic rings. The number of nitrogens with zero attached hydrogens (tertiary/aromatic N) is 3. The van der Waals surface area contributed by atoms with Crippen molar-refractivity contribution in [3.8, 4) is 22.5 Å². The Morgan fingerprint density at radius 2 is 1.36 bits per heavy atom. The molecule has 0 amide bonds. The number of rotatable bonds is 4. The zero-order valence-electron chi connectivity index (χ0n) is 12.1. The van der Waals surface area contributed by atoms with Crippen LogP contribution in [0.4, 0.5) is 5.82 Å². The molecule has 6 heteroatoms. The van der Waals surface area contributed by atoms with E-state index in [0.717, 1.165) is 16.8 Å². The fourth-order valence-corrected chi connectivity index (χ4v) is 2.09. The van der Waals surface area contributed by atoms with Gasteiger partial charge in [-0.3, -0.25) is 4.98 Å². The van der Waals surface area contributed by atoms with E-state index in [-0.39, 0.29) is 29.6 Å².